The van der Waals surface area contributed by atoms with Crippen molar-refractivity contribution in [3.63, 3.8) is 0 Å². The van der Waals surface area contributed by atoms with Crippen molar-refractivity contribution in [3.8, 4) is 11.5 Å². The summed E-state index contributed by atoms with van der Waals surface area (Å²) in [4.78, 5) is 36.9. The number of fused-ring (bicyclic) bond motifs is 2. The molecule has 0 spiro atoms. The summed E-state index contributed by atoms with van der Waals surface area (Å²) in [6.07, 6.45) is 3.60. The molecular formula is C24H26ClN5O5. The van der Waals surface area contributed by atoms with Gasteiger partial charge in [-0.1, -0.05) is 11.6 Å². The fraction of sp³-hybridized carbons (Fsp3) is 0.417. The van der Waals surface area contributed by atoms with Crippen LogP contribution in [0.4, 0.5) is 4.79 Å². The van der Waals surface area contributed by atoms with Crippen molar-refractivity contribution in [1.29, 1.82) is 0 Å². The quantitative estimate of drug-likeness (QED) is 0.551. The Morgan fingerprint density at radius 1 is 1.09 bits per heavy atom. The van der Waals surface area contributed by atoms with Crippen LogP contribution in [0, 0.1) is 0 Å². The maximum Gasteiger partial charge on any atom is 0.407 e. The van der Waals surface area contributed by atoms with E-state index in [1.807, 2.05) is 0 Å². The van der Waals surface area contributed by atoms with Crippen molar-refractivity contribution in [2.24, 2.45) is 0 Å². The summed E-state index contributed by atoms with van der Waals surface area (Å²) in [6.45, 7) is 3.79. The molecule has 1 amide bonds. The number of halogens is 1. The molecule has 0 aromatic carbocycles. The Bertz CT molecular complexity index is 1290. The van der Waals surface area contributed by atoms with Crippen LogP contribution in [-0.4, -0.2) is 74.4 Å². The minimum Gasteiger partial charge on any atom is -0.486 e. The number of piperidine rings is 1. The molecule has 5 rings (SSSR count). The van der Waals surface area contributed by atoms with Gasteiger partial charge in [0.15, 0.2) is 11.5 Å². The highest BCUT2D eigenvalue weighted by Crippen LogP contribution is 2.30. The number of likely N-dealkylation sites (tertiary alicyclic amines) is 1. The molecule has 5 heterocycles. The third-order valence-electron chi connectivity index (χ3n) is 6.51. The third-order valence-corrected chi connectivity index (χ3v) is 6.71. The summed E-state index contributed by atoms with van der Waals surface area (Å²) in [7, 11) is 0. The minimum atomic E-state index is -0.966. The van der Waals surface area contributed by atoms with E-state index in [0.29, 0.717) is 66.9 Å². The van der Waals surface area contributed by atoms with Crippen molar-refractivity contribution < 1.29 is 19.4 Å². The first-order valence-electron chi connectivity index (χ1n) is 11.6. The second kappa shape index (κ2) is 10.1. The molecule has 0 radical (unpaired) electrons. The average molecular weight is 500 g/mol. The number of pyridine rings is 3. The monoisotopic (exact) mass is 499 g/mol. The van der Waals surface area contributed by atoms with Gasteiger partial charge in [0.25, 0.3) is 5.56 Å². The maximum atomic E-state index is 12.5. The highest BCUT2D eigenvalue weighted by atomic mass is 35.5. The molecular weight excluding hydrogens is 474 g/mol. The van der Waals surface area contributed by atoms with E-state index in [9.17, 15) is 14.7 Å². The van der Waals surface area contributed by atoms with E-state index in [0.717, 1.165) is 18.6 Å². The standard InChI is InChI=1S/C24H26ClN5O5/c25-16-11-20-19(27-13-16)1-2-23(31)29(20)8-7-28-5-3-18(4-6-28)30(24(32)33)15-17-12-21-22(14-26-17)35-10-9-34-21/h1-2,11-14,18H,3-10,15H2,(H,32,33). The smallest absolute Gasteiger partial charge is 0.407 e. The van der Waals surface area contributed by atoms with E-state index in [1.54, 1.807) is 35.2 Å². The Hall–Kier alpha value is -3.37. The zero-order valence-corrected chi connectivity index (χ0v) is 19.9. The predicted octanol–water partition coefficient (Wildman–Crippen LogP) is 2.86. The van der Waals surface area contributed by atoms with Gasteiger partial charge < -0.3 is 24.0 Å². The minimum absolute atomic E-state index is 0.0968. The lowest BCUT2D eigenvalue weighted by molar-refractivity contribution is 0.0848. The summed E-state index contributed by atoms with van der Waals surface area (Å²) >= 11 is 6.10. The van der Waals surface area contributed by atoms with E-state index >= 15 is 0 Å². The number of carboxylic acid groups (broad SMARTS) is 1. The summed E-state index contributed by atoms with van der Waals surface area (Å²) < 4.78 is 12.8. The number of hydrogen-bond donors (Lipinski definition) is 1. The number of nitrogens with zero attached hydrogens (tertiary/aromatic N) is 5. The molecule has 0 atom stereocenters. The summed E-state index contributed by atoms with van der Waals surface area (Å²) in [5.74, 6) is 1.18. The lowest BCUT2D eigenvalue weighted by Gasteiger charge is -2.37. The van der Waals surface area contributed by atoms with Gasteiger partial charge in [0.05, 0.1) is 34.5 Å². The Labute approximate surface area is 206 Å². The van der Waals surface area contributed by atoms with E-state index in [4.69, 9.17) is 21.1 Å². The predicted molar refractivity (Wildman–Crippen MR) is 129 cm³/mol. The van der Waals surface area contributed by atoms with Crippen LogP contribution in [-0.2, 0) is 13.1 Å². The number of rotatable bonds is 6. The van der Waals surface area contributed by atoms with Gasteiger partial charge in [-0.2, -0.15) is 0 Å². The van der Waals surface area contributed by atoms with Crippen molar-refractivity contribution >= 4 is 28.7 Å². The fourth-order valence-corrected chi connectivity index (χ4v) is 4.82. The van der Waals surface area contributed by atoms with Gasteiger partial charge in [0.2, 0.25) is 0 Å². The molecule has 0 aliphatic carbocycles. The summed E-state index contributed by atoms with van der Waals surface area (Å²) in [6, 6.07) is 6.62. The van der Waals surface area contributed by atoms with Crippen LogP contribution in [0.3, 0.4) is 0 Å². The molecule has 3 aromatic heterocycles. The maximum absolute atomic E-state index is 12.5. The molecule has 0 unspecified atom stereocenters. The van der Waals surface area contributed by atoms with Crippen LogP contribution in [0.1, 0.15) is 18.5 Å². The second-order valence-electron chi connectivity index (χ2n) is 8.68. The van der Waals surface area contributed by atoms with E-state index in [-0.39, 0.29) is 18.1 Å². The first-order chi connectivity index (χ1) is 17.0. The molecule has 2 aliphatic rings. The number of aromatic nitrogens is 3. The molecule has 3 aromatic rings. The Morgan fingerprint density at radius 2 is 1.86 bits per heavy atom. The third kappa shape index (κ3) is 5.18. The van der Waals surface area contributed by atoms with Crippen LogP contribution in [0.25, 0.3) is 11.0 Å². The average Bonchev–Trinajstić information content (AvgIpc) is 2.87. The molecule has 1 fully saturated rings. The van der Waals surface area contributed by atoms with Gasteiger partial charge in [-0.25, -0.2) is 4.79 Å². The topological polar surface area (TPSA) is 110 Å². The van der Waals surface area contributed by atoms with Gasteiger partial charge in [-0.05, 0) is 25.0 Å². The number of ether oxygens (including phenoxy) is 2. The Morgan fingerprint density at radius 3 is 2.63 bits per heavy atom. The van der Waals surface area contributed by atoms with Gasteiger partial charge in [-0.15, -0.1) is 0 Å². The van der Waals surface area contributed by atoms with Gasteiger partial charge in [0, 0.05) is 50.6 Å². The normalized spacial score (nSPS) is 16.4. The molecule has 0 saturated carbocycles. The van der Waals surface area contributed by atoms with Crippen LogP contribution < -0.4 is 15.0 Å². The molecule has 1 saturated heterocycles. The summed E-state index contributed by atoms with van der Waals surface area (Å²) in [5, 5.41) is 10.4. The highest BCUT2D eigenvalue weighted by Gasteiger charge is 2.28. The number of carbonyl (C=O) groups is 1. The zero-order valence-electron chi connectivity index (χ0n) is 19.1. The largest absolute Gasteiger partial charge is 0.486 e. The van der Waals surface area contributed by atoms with Gasteiger partial charge in [-0.3, -0.25) is 19.7 Å². The molecule has 11 heteroatoms. The van der Waals surface area contributed by atoms with Crippen LogP contribution >= 0.6 is 11.6 Å². The first-order valence-corrected chi connectivity index (χ1v) is 12.0. The molecule has 0 bridgehead atoms. The molecule has 1 N–H and O–H groups in total. The zero-order chi connectivity index (χ0) is 24.4. The SMILES string of the molecule is O=C(O)N(Cc1cc2c(cn1)OCCO2)C1CCN(CCn2c(=O)ccc3ncc(Cl)cc32)CC1. The van der Waals surface area contributed by atoms with E-state index in [2.05, 4.69) is 14.9 Å². The van der Waals surface area contributed by atoms with Crippen LogP contribution in [0.2, 0.25) is 5.02 Å². The molecule has 35 heavy (non-hydrogen) atoms. The van der Waals surface area contributed by atoms with Crippen molar-refractivity contribution in [3.05, 3.63) is 57.7 Å². The van der Waals surface area contributed by atoms with Gasteiger partial charge >= 0.3 is 6.09 Å². The van der Waals surface area contributed by atoms with Crippen molar-refractivity contribution in [2.45, 2.75) is 32.0 Å². The van der Waals surface area contributed by atoms with Crippen molar-refractivity contribution in [2.75, 3.05) is 32.8 Å². The van der Waals surface area contributed by atoms with E-state index < -0.39 is 6.09 Å². The molecule has 2 aliphatic heterocycles. The Balaban J connectivity index is 1.21. The van der Waals surface area contributed by atoms with Crippen LogP contribution in [0.5, 0.6) is 11.5 Å². The number of amides is 1. The second-order valence-corrected chi connectivity index (χ2v) is 9.12. The van der Waals surface area contributed by atoms with Gasteiger partial charge in [0.1, 0.15) is 13.2 Å². The first kappa shape index (κ1) is 23.4. The number of hydrogen-bond acceptors (Lipinski definition) is 7. The molecule has 184 valence electrons. The fourth-order valence-electron chi connectivity index (χ4n) is 4.67. The highest BCUT2D eigenvalue weighted by molar-refractivity contribution is 6.31. The summed E-state index contributed by atoms with van der Waals surface area (Å²) in [5.41, 5.74) is 1.96. The van der Waals surface area contributed by atoms with E-state index in [1.165, 1.54) is 11.0 Å². The molecule has 10 nitrogen and oxygen atoms in total. The van der Waals surface area contributed by atoms with Crippen molar-refractivity contribution in [1.82, 2.24) is 24.3 Å². The lowest BCUT2D eigenvalue weighted by atomic mass is 10.0. The Kier molecular flexibility index (Phi) is 6.74. The lowest BCUT2D eigenvalue weighted by Crippen LogP contribution is -2.47. The van der Waals surface area contributed by atoms with Crippen LogP contribution in [0.15, 0.2) is 41.5 Å².